The highest BCUT2D eigenvalue weighted by Gasteiger charge is 2.35. The van der Waals surface area contributed by atoms with Crippen LogP contribution < -0.4 is 10.2 Å². The lowest BCUT2D eigenvalue weighted by Crippen LogP contribution is -2.38. The topological polar surface area (TPSA) is 49.4 Å². The molecule has 1 aromatic rings. The van der Waals surface area contributed by atoms with E-state index in [-0.39, 0.29) is 17.7 Å². The molecule has 1 atom stereocenters. The maximum absolute atomic E-state index is 12.3. The molecule has 2 aliphatic rings. The summed E-state index contributed by atoms with van der Waals surface area (Å²) in [6, 6.07) is 7.46. The van der Waals surface area contributed by atoms with Crippen LogP contribution in [0, 0.1) is 5.92 Å². The minimum absolute atomic E-state index is 0.00361. The van der Waals surface area contributed by atoms with E-state index in [1.807, 2.05) is 12.1 Å². The first-order valence-electron chi connectivity index (χ1n) is 7.50. The van der Waals surface area contributed by atoms with E-state index in [1.54, 1.807) is 17.0 Å². The van der Waals surface area contributed by atoms with E-state index in [2.05, 4.69) is 5.32 Å². The number of hydrogen-bond acceptors (Lipinski definition) is 2. The second-order valence-corrected chi connectivity index (χ2v) is 6.31. The fraction of sp³-hybridized carbons (Fsp3) is 0.500. The third-order valence-corrected chi connectivity index (χ3v) is 4.59. The molecule has 1 heterocycles. The van der Waals surface area contributed by atoms with Gasteiger partial charge in [0, 0.05) is 29.7 Å². The van der Waals surface area contributed by atoms with Crippen LogP contribution in [0.15, 0.2) is 24.3 Å². The van der Waals surface area contributed by atoms with Gasteiger partial charge in [-0.3, -0.25) is 9.59 Å². The zero-order chi connectivity index (χ0) is 14.8. The molecular formula is C16H19ClN2O2. The Kier molecular flexibility index (Phi) is 4.15. The Labute approximate surface area is 129 Å². The zero-order valence-electron chi connectivity index (χ0n) is 11.8. The van der Waals surface area contributed by atoms with Gasteiger partial charge in [0.05, 0.1) is 5.92 Å². The number of carbonyl (C=O) groups excluding carboxylic acids is 2. The number of carbonyl (C=O) groups is 2. The summed E-state index contributed by atoms with van der Waals surface area (Å²) in [6.45, 7) is 0.457. The summed E-state index contributed by atoms with van der Waals surface area (Å²) < 4.78 is 0. The summed E-state index contributed by atoms with van der Waals surface area (Å²) in [5.41, 5.74) is 0.806. The van der Waals surface area contributed by atoms with Crippen molar-refractivity contribution in [2.24, 2.45) is 5.92 Å². The SMILES string of the molecule is O=C(NC1CCCC1)[C@H]1CC(=O)N(c2ccc(Cl)cc2)C1. The highest BCUT2D eigenvalue weighted by molar-refractivity contribution is 6.30. The molecule has 1 saturated heterocycles. The van der Waals surface area contributed by atoms with Crippen molar-refractivity contribution in [2.75, 3.05) is 11.4 Å². The van der Waals surface area contributed by atoms with Gasteiger partial charge in [0.25, 0.3) is 0 Å². The van der Waals surface area contributed by atoms with Crippen LogP contribution in [0.25, 0.3) is 0 Å². The quantitative estimate of drug-likeness (QED) is 0.933. The Morgan fingerprint density at radius 1 is 1.19 bits per heavy atom. The molecule has 0 bridgehead atoms. The predicted octanol–water partition coefficient (Wildman–Crippen LogP) is 2.75. The number of rotatable bonds is 3. The second-order valence-electron chi connectivity index (χ2n) is 5.87. The molecule has 1 aromatic carbocycles. The van der Waals surface area contributed by atoms with Gasteiger partial charge in [-0.25, -0.2) is 0 Å². The van der Waals surface area contributed by atoms with E-state index in [0.29, 0.717) is 24.0 Å². The van der Waals surface area contributed by atoms with Crippen molar-refractivity contribution < 1.29 is 9.59 Å². The molecule has 4 nitrogen and oxygen atoms in total. The molecule has 21 heavy (non-hydrogen) atoms. The van der Waals surface area contributed by atoms with Crippen LogP contribution in [0.5, 0.6) is 0 Å². The number of nitrogens with one attached hydrogen (secondary N) is 1. The number of amides is 2. The number of nitrogens with zero attached hydrogens (tertiary/aromatic N) is 1. The van der Waals surface area contributed by atoms with E-state index in [4.69, 9.17) is 11.6 Å². The van der Waals surface area contributed by atoms with Crippen LogP contribution in [0.3, 0.4) is 0 Å². The molecule has 0 unspecified atom stereocenters. The van der Waals surface area contributed by atoms with Gasteiger partial charge in [-0.1, -0.05) is 24.4 Å². The average molecular weight is 307 g/mol. The Balaban J connectivity index is 1.63. The summed E-state index contributed by atoms with van der Waals surface area (Å²) in [5.74, 6) is -0.218. The van der Waals surface area contributed by atoms with Crippen molar-refractivity contribution in [1.82, 2.24) is 5.32 Å². The number of hydrogen-bond donors (Lipinski definition) is 1. The molecule has 0 spiro atoms. The van der Waals surface area contributed by atoms with E-state index in [0.717, 1.165) is 18.5 Å². The lowest BCUT2D eigenvalue weighted by Gasteiger charge is -2.18. The van der Waals surface area contributed by atoms with Crippen molar-refractivity contribution in [1.29, 1.82) is 0 Å². The van der Waals surface area contributed by atoms with Crippen LogP contribution in [0.2, 0.25) is 5.02 Å². The largest absolute Gasteiger partial charge is 0.353 e. The van der Waals surface area contributed by atoms with Gasteiger partial charge in [-0.05, 0) is 37.1 Å². The molecule has 5 heteroatoms. The van der Waals surface area contributed by atoms with Gasteiger partial charge in [0.2, 0.25) is 11.8 Å². The van der Waals surface area contributed by atoms with Crippen LogP contribution in [0.1, 0.15) is 32.1 Å². The van der Waals surface area contributed by atoms with E-state index >= 15 is 0 Å². The predicted molar refractivity (Wildman–Crippen MR) is 82.3 cm³/mol. The minimum Gasteiger partial charge on any atom is -0.353 e. The first-order chi connectivity index (χ1) is 10.1. The first kappa shape index (κ1) is 14.4. The van der Waals surface area contributed by atoms with Crippen molar-refractivity contribution in [3.63, 3.8) is 0 Å². The second kappa shape index (κ2) is 6.06. The third-order valence-electron chi connectivity index (χ3n) is 4.34. The lowest BCUT2D eigenvalue weighted by molar-refractivity contribution is -0.126. The fourth-order valence-electron chi connectivity index (χ4n) is 3.14. The average Bonchev–Trinajstić information content (AvgIpc) is 3.09. The lowest BCUT2D eigenvalue weighted by atomic mass is 10.1. The maximum Gasteiger partial charge on any atom is 0.227 e. The van der Waals surface area contributed by atoms with Gasteiger partial charge < -0.3 is 10.2 Å². The van der Waals surface area contributed by atoms with E-state index < -0.39 is 0 Å². The molecule has 1 aliphatic carbocycles. The molecule has 0 aromatic heterocycles. The fourth-order valence-corrected chi connectivity index (χ4v) is 3.27. The molecule has 3 rings (SSSR count). The molecule has 1 saturated carbocycles. The van der Waals surface area contributed by atoms with Gasteiger partial charge in [-0.2, -0.15) is 0 Å². The standard InChI is InChI=1S/C16H19ClN2O2/c17-12-5-7-14(8-6-12)19-10-11(9-15(19)20)16(21)18-13-3-1-2-4-13/h5-8,11,13H,1-4,9-10H2,(H,18,21)/t11-/m0/s1. The van der Waals surface area contributed by atoms with Crippen LogP contribution in [0.4, 0.5) is 5.69 Å². The maximum atomic E-state index is 12.3. The summed E-state index contributed by atoms with van der Waals surface area (Å²) in [5, 5.41) is 3.72. The Bertz CT molecular complexity index is 538. The molecular weight excluding hydrogens is 288 g/mol. The normalized spacial score (nSPS) is 22.8. The smallest absolute Gasteiger partial charge is 0.227 e. The monoisotopic (exact) mass is 306 g/mol. The van der Waals surface area contributed by atoms with Crippen LogP contribution >= 0.6 is 11.6 Å². The Morgan fingerprint density at radius 3 is 2.52 bits per heavy atom. The number of anilines is 1. The van der Waals surface area contributed by atoms with Crippen LogP contribution in [-0.4, -0.2) is 24.4 Å². The summed E-state index contributed by atoms with van der Waals surface area (Å²) >= 11 is 5.86. The van der Waals surface area contributed by atoms with Crippen molar-refractivity contribution in [3.05, 3.63) is 29.3 Å². The van der Waals surface area contributed by atoms with Gasteiger partial charge in [0.15, 0.2) is 0 Å². The van der Waals surface area contributed by atoms with Crippen molar-refractivity contribution >= 4 is 29.1 Å². The molecule has 1 N–H and O–H groups in total. The molecule has 1 aliphatic heterocycles. The Morgan fingerprint density at radius 2 is 1.86 bits per heavy atom. The highest BCUT2D eigenvalue weighted by Crippen LogP contribution is 2.27. The van der Waals surface area contributed by atoms with E-state index in [9.17, 15) is 9.59 Å². The molecule has 2 fully saturated rings. The highest BCUT2D eigenvalue weighted by atomic mass is 35.5. The van der Waals surface area contributed by atoms with E-state index in [1.165, 1.54) is 12.8 Å². The Hall–Kier alpha value is -1.55. The third kappa shape index (κ3) is 3.21. The number of halogens is 1. The minimum atomic E-state index is -0.242. The van der Waals surface area contributed by atoms with Gasteiger partial charge in [0.1, 0.15) is 0 Å². The first-order valence-corrected chi connectivity index (χ1v) is 7.87. The summed E-state index contributed by atoms with van der Waals surface area (Å²) in [6.07, 6.45) is 4.79. The zero-order valence-corrected chi connectivity index (χ0v) is 12.6. The van der Waals surface area contributed by atoms with Crippen molar-refractivity contribution in [3.8, 4) is 0 Å². The van der Waals surface area contributed by atoms with Gasteiger partial charge in [-0.15, -0.1) is 0 Å². The molecule has 2 amide bonds. The molecule has 0 radical (unpaired) electrons. The summed E-state index contributed by atoms with van der Waals surface area (Å²) in [7, 11) is 0. The van der Waals surface area contributed by atoms with Crippen molar-refractivity contribution in [2.45, 2.75) is 38.1 Å². The summed E-state index contributed by atoms with van der Waals surface area (Å²) in [4.78, 5) is 26.1. The van der Waals surface area contributed by atoms with Crippen LogP contribution in [-0.2, 0) is 9.59 Å². The van der Waals surface area contributed by atoms with Gasteiger partial charge >= 0.3 is 0 Å². The molecule has 112 valence electrons. The number of benzene rings is 1.